The zero-order valence-electron chi connectivity index (χ0n) is 12.0. The number of aromatic nitrogens is 4. The monoisotopic (exact) mass is 349 g/mol. The first kappa shape index (κ1) is 15.7. The Labute approximate surface area is 142 Å². The van der Waals surface area contributed by atoms with Crippen LogP contribution in [-0.4, -0.2) is 20.0 Å². The van der Waals surface area contributed by atoms with Crippen LogP contribution in [0.3, 0.4) is 0 Å². The zero-order chi connectivity index (χ0) is 16.2. The summed E-state index contributed by atoms with van der Waals surface area (Å²) in [6.45, 7) is 0.597. The normalized spacial score (nSPS) is 10.7. The molecule has 0 aliphatic rings. The quantitative estimate of drug-likeness (QED) is 0.765. The molecule has 0 saturated carbocycles. The van der Waals surface area contributed by atoms with Gasteiger partial charge in [-0.15, -0.1) is 5.10 Å². The van der Waals surface area contributed by atoms with E-state index >= 15 is 0 Å². The van der Waals surface area contributed by atoms with E-state index in [0.29, 0.717) is 33.9 Å². The van der Waals surface area contributed by atoms with Crippen LogP contribution in [0.15, 0.2) is 42.7 Å². The highest BCUT2D eigenvalue weighted by Gasteiger charge is 2.07. The molecule has 118 valence electrons. The average molecular weight is 350 g/mol. The van der Waals surface area contributed by atoms with Crippen LogP contribution < -0.4 is 10.5 Å². The Kier molecular flexibility index (Phi) is 4.76. The molecule has 1 aromatic carbocycles. The van der Waals surface area contributed by atoms with Crippen molar-refractivity contribution in [2.75, 3.05) is 0 Å². The molecule has 0 aliphatic carbocycles. The van der Waals surface area contributed by atoms with E-state index < -0.39 is 0 Å². The summed E-state index contributed by atoms with van der Waals surface area (Å²) in [4.78, 5) is 4.28. The molecule has 2 heterocycles. The molecular weight excluding hydrogens is 337 g/mol. The van der Waals surface area contributed by atoms with E-state index in [1.165, 1.54) is 0 Å². The maximum absolute atomic E-state index is 6.11. The van der Waals surface area contributed by atoms with Gasteiger partial charge in [-0.1, -0.05) is 34.5 Å². The fourth-order valence-electron chi connectivity index (χ4n) is 1.92. The number of benzene rings is 1. The second-order valence-electron chi connectivity index (χ2n) is 4.70. The molecule has 0 fully saturated rings. The van der Waals surface area contributed by atoms with E-state index in [-0.39, 0.29) is 6.61 Å². The van der Waals surface area contributed by atoms with E-state index in [9.17, 15) is 0 Å². The van der Waals surface area contributed by atoms with Crippen LogP contribution in [0.4, 0.5) is 0 Å². The Morgan fingerprint density at radius 3 is 2.52 bits per heavy atom. The average Bonchev–Trinajstić information content (AvgIpc) is 3.04. The van der Waals surface area contributed by atoms with Crippen LogP contribution in [0.1, 0.15) is 11.3 Å². The van der Waals surface area contributed by atoms with Gasteiger partial charge in [0, 0.05) is 22.2 Å². The van der Waals surface area contributed by atoms with Gasteiger partial charge in [0.2, 0.25) is 0 Å². The molecule has 0 unspecified atom stereocenters. The van der Waals surface area contributed by atoms with Crippen molar-refractivity contribution in [2.45, 2.75) is 13.2 Å². The van der Waals surface area contributed by atoms with Crippen LogP contribution in [0.2, 0.25) is 10.0 Å². The lowest BCUT2D eigenvalue weighted by Crippen LogP contribution is -2.01. The van der Waals surface area contributed by atoms with Crippen molar-refractivity contribution < 1.29 is 4.74 Å². The number of nitrogens with zero attached hydrogens (tertiary/aromatic N) is 4. The summed E-state index contributed by atoms with van der Waals surface area (Å²) in [5.41, 5.74) is 6.94. The second-order valence-corrected chi connectivity index (χ2v) is 5.51. The van der Waals surface area contributed by atoms with Crippen LogP contribution in [0.5, 0.6) is 5.75 Å². The van der Waals surface area contributed by atoms with Gasteiger partial charge in [-0.2, -0.15) is 0 Å². The summed E-state index contributed by atoms with van der Waals surface area (Å²) in [5.74, 6) is 1.23. The van der Waals surface area contributed by atoms with E-state index in [2.05, 4.69) is 15.3 Å². The summed E-state index contributed by atoms with van der Waals surface area (Å²) in [7, 11) is 0. The minimum absolute atomic E-state index is 0.264. The second kappa shape index (κ2) is 6.95. The number of rotatable bonds is 5. The van der Waals surface area contributed by atoms with Crippen molar-refractivity contribution in [3.63, 3.8) is 0 Å². The third kappa shape index (κ3) is 3.61. The summed E-state index contributed by atoms with van der Waals surface area (Å²) in [6, 6.07) is 8.90. The summed E-state index contributed by atoms with van der Waals surface area (Å²) in [6.07, 6.45) is 3.33. The molecule has 0 radical (unpaired) electrons. The number of nitrogens with two attached hydrogens (primary N) is 1. The maximum Gasteiger partial charge on any atom is 0.155 e. The lowest BCUT2D eigenvalue weighted by molar-refractivity contribution is 0.305. The van der Waals surface area contributed by atoms with Gasteiger partial charge in [0.1, 0.15) is 12.4 Å². The van der Waals surface area contributed by atoms with Crippen LogP contribution in [0.25, 0.3) is 5.82 Å². The van der Waals surface area contributed by atoms with Gasteiger partial charge in [-0.25, -0.2) is 9.67 Å². The van der Waals surface area contributed by atoms with Gasteiger partial charge in [-0.3, -0.25) is 0 Å². The van der Waals surface area contributed by atoms with Gasteiger partial charge >= 0.3 is 0 Å². The highest BCUT2D eigenvalue weighted by atomic mass is 35.5. The van der Waals surface area contributed by atoms with Crippen molar-refractivity contribution in [2.24, 2.45) is 5.73 Å². The number of halogens is 2. The molecule has 2 aromatic heterocycles. The maximum atomic E-state index is 6.11. The fraction of sp³-hybridized carbons (Fsp3) is 0.133. The van der Waals surface area contributed by atoms with E-state index in [1.807, 2.05) is 0 Å². The third-order valence-electron chi connectivity index (χ3n) is 3.15. The van der Waals surface area contributed by atoms with Crippen molar-refractivity contribution >= 4 is 23.2 Å². The number of hydrogen-bond acceptors (Lipinski definition) is 5. The molecule has 0 aliphatic heterocycles. The van der Waals surface area contributed by atoms with E-state index in [1.54, 1.807) is 47.4 Å². The summed E-state index contributed by atoms with van der Waals surface area (Å²) >= 11 is 12.2. The van der Waals surface area contributed by atoms with Crippen molar-refractivity contribution in [3.8, 4) is 11.6 Å². The Balaban J connectivity index is 1.70. The van der Waals surface area contributed by atoms with Crippen LogP contribution in [0, 0.1) is 0 Å². The largest absolute Gasteiger partial charge is 0.487 e. The number of ether oxygens (including phenoxy) is 1. The van der Waals surface area contributed by atoms with Crippen LogP contribution >= 0.6 is 23.2 Å². The van der Waals surface area contributed by atoms with Crippen LogP contribution in [-0.2, 0) is 13.2 Å². The van der Waals surface area contributed by atoms with Gasteiger partial charge < -0.3 is 10.5 Å². The zero-order valence-corrected chi connectivity index (χ0v) is 13.5. The highest BCUT2D eigenvalue weighted by Crippen LogP contribution is 2.25. The molecular formula is C15H13Cl2N5O. The lowest BCUT2D eigenvalue weighted by Gasteiger charge is -2.09. The summed E-state index contributed by atoms with van der Waals surface area (Å²) < 4.78 is 7.23. The Bertz CT molecular complexity index is 784. The topological polar surface area (TPSA) is 78.9 Å². The molecule has 23 heavy (non-hydrogen) atoms. The Morgan fingerprint density at radius 1 is 1.13 bits per heavy atom. The number of hydrogen-bond donors (Lipinski definition) is 1. The van der Waals surface area contributed by atoms with E-state index in [0.717, 1.165) is 5.56 Å². The van der Waals surface area contributed by atoms with Gasteiger partial charge in [0.25, 0.3) is 0 Å². The smallest absolute Gasteiger partial charge is 0.155 e. The predicted octanol–water partition coefficient (Wildman–Crippen LogP) is 3.01. The first-order chi connectivity index (χ1) is 11.2. The minimum atomic E-state index is 0.264. The van der Waals surface area contributed by atoms with Crippen molar-refractivity contribution in [1.29, 1.82) is 0 Å². The SMILES string of the molecule is NCc1cn(-c2ccc(OCc3c(Cl)cccc3Cl)cn2)nn1. The Morgan fingerprint density at radius 2 is 1.91 bits per heavy atom. The first-order valence-corrected chi connectivity index (χ1v) is 7.56. The molecule has 3 aromatic rings. The minimum Gasteiger partial charge on any atom is -0.487 e. The standard InChI is InChI=1S/C15H13Cl2N5O/c16-13-2-1-3-14(17)12(13)9-23-11-4-5-15(19-7-11)22-8-10(6-18)20-21-22/h1-5,7-8H,6,9,18H2. The predicted molar refractivity (Wildman–Crippen MR) is 87.8 cm³/mol. The molecule has 6 nitrogen and oxygen atoms in total. The third-order valence-corrected chi connectivity index (χ3v) is 3.86. The molecule has 0 bridgehead atoms. The van der Waals surface area contributed by atoms with Crippen molar-refractivity contribution in [3.05, 3.63) is 64.0 Å². The lowest BCUT2D eigenvalue weighted by atomic mass is 10.2. The molecule has 0 amide bonds. The molecule has 0 atom stereocenters. The van der Waals surface area contributed by atoms with E-state index in [4.69, 9.17) is 33.7 Å². The van der Waals surface area contributed by atoms with Gasteiger partial charge in [-0.05, 0) is 24.3 Å². The molecule has 2 N–H and O–H groups in total. The Hall–Kier alpha value is -2.15. The van der Waals surface area contributed by atoms with Crippen molar-refractivity contribution in [1.82, 2.24) is 20.0 Å². The van der Waals surface area contributed by atoms with Gasteiger partial charge in [0.15, 0.2) is 5.82 Å². The van der Waals surface area contributed by atoms with Gasteiger partial charge in [0.05, 0.1) is 18.1 Å². The molecule has 8 heteroatoms. The highest BCUT2D eigenvalue weighted by molar-refractivity contribution is 6.35. The number of pyridine rings is 1. The summed E-state index contributed by atoms with van der Waals surface area (Å²) in [5, 5.41) is 9.01. The fourth-order valence-corrected chi connectivity index (χ4v) is 2.43. The molecule has 0 spiro atoms. The first-order valence-electron chi connectivity index (χ1n) is 6.81. The molecule has 0 saturated heterocycles. The molecule has 3 rings (SSSR count).